The summed E-state index contributed by atoms with van der Waals surface area (Å²) in [6.45, 7) is 0.474. The summed E-state index contributed by atoms with van der Waals surface area (Å²) in [5.41, 5.74) is -0.0839. The van der Waals surface area contributed by atoms with Gasteiger partial charge in [-0.2, -0.15) is 0 Å². The maximum Gasteiger partial charge on any atom is 0.282 e. The average molecular weight is 269 g/mol. The number of nitrogens with one attached hydrogen (secondary N) is 1. The maximum atomic E-state index is 11.9. The normalized spacial score (nSPS) is 16.1. The molecule has 1 amide bonds. The lowest BCUT2D eigenvalue weighted by Crippen LogP contribution is -2.31. The SMILES string of the molecule is O=C(NCC1(CCl)CC1)c1ccccc1[N+](=O)[O-]. The van der Waals surface area contributed by atoms with Gasteiger partial charge in [0.2, 0.25) is 0 Å². The van der Waals surface area contributed by atoms with Crippen LogP contribution in [0.2, 0.25) is 0 Å². The van der Waals surface area contributed by atoms with Crippen molar-refractivity contribution in [1.82, 2.24) is 5.32 Å². The van der Waals surface area contributed by atoms with E-state index in [-0.39, 0.29) is 16.7 Å². The van der Waals surface area contributed by atoms with E-state index in [0.29, 0.717) is 12.4 Å². The zero-order chi connectivity index (χ0) is 13.2. The molecule has 0 atom stereocenters. The van der Waals surface area contributed by atoms with Gasteiger partial charge in [-0.05, 0) is 18.9 Å². The molecule has 1 aromatic rings. The molecule has 1 aliphatic rings. The number of halogens is 1. The first-order valence-electron chi connectivity index (χ1n) is 5.66. The molecule has 0 heterocycles. The number of hydrogen-bond donors (Lipinski definition) is 1. The number of para-hydroxylation sites is 1. The Morgan fingerprint density at radius 3 is 2.67 bits per heavy atom. The fraction of sp³-hybridized carbons (Fsp3) is 0.417. The fourth-order valence-corrected chi connectivity index (χ4v) is 2.08. The highest BCUT2D eigenvalue weighted by Gasteiger charge is 2.42. The van der Waals surface area contributed by atoms with Crippen molar-refractivity contribution in [2.24, 2.45) is 5.41 Å². The minimum atomic E-state index is -0.552. The number of alkyl halides is 1. The lowest BCUT2D eigenvalue weighted by atomic mass is 10.1. The molecule has 1 fully saturated rings. The molecule has 0 saturated heterocycles. The first kappa shape index (κ1) is 12.8. The lowest BCUT2D eigenvalue weighted by Gasteiger charge is -2.12. The molecule has 1 aliphatic carbocycles. The largest absolute Gasteiger partial charge is 0.351 e. The van der Waals surface area contributed by atoms with Crippen molar-refractivity contribution < 1.29 is 9.72 Å². The molecule has 1 aromatic carbocycles. The molecular formula is C12H13ClN2O3. The van der Waals surface area contributed by atoms with E-state index in [4.69, 9.17) is 11.6 Å². The quantitative estimate of drug-likeness (QED) is 0.506. The Balaban J connectivity index is 2.07. The van der Waals surface area contributed by atoms with Crippen LogP contribution >= 0.6 is 11.6 Å². The van der Waals surface area contributed by atoms with E-state index in [1.54, 1.807) is 6.07 Å². The Morgan fingerprint density at radius 1 is 1.44 bits per heavy atom. The van der Waals surface area contributed by atoms with Crippen LogP contribution in [0.15, 0.2) is 24.3 Å². The molecule has 0 unspecified atom stereocenters. The second-order valence-electron chi connectivity index (χ2n) is 4.59. The third kappa shape index (κ3) is 2.61. The second-order valence-corrected chi connectivity index (χ2v) is 4.86. The van der Waals surface area contributed by atoms with Gasteiger partial charge in [0.15, 0.2) is 0 Å². The molecule has 1 saturated carbocycles. The molecule has 1 N–H and O–H groups in total. The summed E-state index contributed by atoms with van der Waals surface area (Å²) in [5, 5.41) is 13.5. The highest BCUT2D eigenvalue weighted by molar-refractivity contribution is 6.18. The molecule has 5 nitrogen and oxygen atoms in total. The third-order valence-electron chi connectivity index (χ3n) is 3.21. The van der Waals surface area contributed by atoms with Crippen molar-refractivity contribution in [3.63, 3.8) is 0 Å². The fourth-order valence-electron chi connectivity index (χ4n) is 1.72. The molecule has 0 radical (unpaired) electrons. The van der Waals surface area contributed by atoms with Crippen molar-refractivity contribution in [2.75, 3.05) is 12.4 Å². The van der Waals surface area contributed by atoms with Gasteiger partial charge in [-0.3, -0.25) is 14.9 Å². The van der Waals surface area contributed by atoms with Crippen molar-refractivity contribution in [2.45, 2.75) is 12.8 Å². The Bertz CT molecular complexity index is 486. The van der Waals surface area contributed by atoms with Gasteiger partial charge in [0.1, 0.15) is 5.56 Å². The van der Waals surface area contributed by atoms with E-state index >= 15 is 0 Å². The molecule has 0 spiro atoms. The first-order chi connectivity index (χ1) is 8.58. The van der Waals surface area contributed by atoms with E-state index in [0.717, 1.165) is 12.8 Å². The Hall–Kier alpha value is -1.62. The van der Waals surface area contributed by atoms with Crippen LogP contribution in [0.5, 0.6) is 0 Å². The van der Waals surface area contributed by atoms with Crippen LogP contribution < -0.4 is 5.32 Å². The summed E-state index contributed by atoms with van der Waals surface area (Å²) < 4.78 is 0. The molecule has 0 bridgehead atoms. The van der Waals surface area contributed by atoms with Crippen LogP contribution in [-0.2, 0) is 0 Å². The number of benzene rings is 1. The maximum absolute atomic E-state index is 11.9. The molecule has 0 aliphatic heterocycles. The van der Waals surface area contributed by atoms with Crippen molar-refractivity contribution in [1.29, 1.82) is 0 Å². The predicted octanol–water partition coefficient (Wildman–Crippen LogP) is 2.34. The number of amides is 1. The molecule has 2 rings (SSSR count). The number of nitrogens with zero attached hydrogens (tertiary/aromatic N) is 1. The summed E-state index contributed by atoms with van der Waals surface area (Å²) in [7, 11) is 0. The van der Waals surface area contributed by atoms with Gasteiger partial charge in [-0.25, -0.2) is 0 Å². The highest BCUT2D eigenvalue weighted by atomic mass is 35.5. The van der Waals surface area contributed by atoms with Gasteiger partial charge in [-0.1, -0.05) is 12.1 Å². The van der Waals surface area contributed by atoms with Crippen LogP contribution in [-0.4, -0.2) is 23.3 Å². The minimum Gasteiger partial charge on any atom is -0.351 e. The van der Waals surface area contributed by atoms with Crippen LogP contribution in [0.3, 0.4) is 0 Å². The molecular weight excluding hydrogens is 256 g/mol. The van der Waals surface area contributed by atoms with E-state index in [9.17, 15) is 14.9 Å². The summed E-state index contributed by atoms with van der Waals surface area (Å²) >= 11 is 5.81. The Morgan fingerprint density at radius 2 is 2.11 bits per heavy atom. The van der Waals surface area contributed by atoms with E-state index in [1.165, 1.54) is 18.2 Å². The molecule has 18 heavy (non-hydrogen) atoms. The summed E-state index contributed by atoms with van der Waals surface area (Å²) in [6.07, 6.45) is 1.99. The van der Waals surface area contributed by atoms with E-state index < -0.39 is 10.8 Å². The van der Waals surface area contributed by atoms with E-state index in [2.05, 4.69) is 5.32 Å². The molecule has 96 valence electrons. The van der Waals surface area contributed by atoms with Crippen molar-refractivity contribution >= 4 is 23.2 Å². The number of nitro benzene ring substituents is 1. The topological polar surface area (TPSA) is 72.2 Å². The third-order valence-corrected chi connectivity index (χ3v) is 3.78. The zero-order valence-corrected chi connectivity index (χ0v) is 10.4. The van der Waals surface area contributed by atoms with Crippen LogP contribution in [0, 0.1) is 15.5 Å². The average Bonchev–Trinajstić information content (AvgIpc) is 3.16. The highest BCUT2D eigenvalue weighted by Crippen LogP contribution is 2.45. The van der Waals surface area contributed by atoms with Gasteiger partial charge in [0.05, 0.1) is 4.92 Å². The van der Waals surface area contributed by atoms with E-state index in [1.807, 2.05) is 0 Å². The zero-order valence-electron chi connectivity index (χ0n) is 9.69. The monoisotopic (exact) mass is 268 g/mol. The standard InChI is InChI=1S/C12H13ClN2O3/c13-7-12(5-6-12)8-14-11(16)9-3-1-2-4-10(9)15(17)18/h1-4H,5-8H2,(H,14,16). The molecule has 6 heteroatoms. The number of carbonyl (C=O) groups excluding carboxylic acids is 1. The van der Waals surface area contributed by atoms with Gasteiger partial charge in [-0.15, -0.1) is 11.6 Å². The Kier molecular flexibility index (Phi) is 3.52. The number of hydrogen-bond acceptors (Lipinski definition) is 3. The summed E-state index contributed by atoms with van der Waals surface area (Å²) in [4.78, 5) is 22.1. The summed E-state index contributed by atoms with van der Waals surface area (Å²) in [6, 6.07) is 5.92. The van der Waals surface area contributed by atoms with Crippen molar-refractivity contribution in [3.8, 4) is 0 Å². The van der Waals surface area contributed by atoms with Crippen LogP contribution in [0.25, 0.3) is 0 Å². The van der Waals surface area contributed by atoms with Crippen LogP contribution in [0.4, 0.5) is 5.69 Å². The molecule has 0 aromatic heterocycles. The minimum absolute atomic E-state index is 0.000770. The first-order valence-corrected chi connectivity index (χ1v) is 6.19. The number of carbonyl (C=O) groups is 1. The number of nitro groups is 1. The summed E-state index contributed by atoms with van der Waals surface area (Å²) in [5.74, 6) is 0.0863. The van der Waals surface area contributed by atoms with Gasteiger partial charge >= 0.3 is 0 Å². The number of rotatable bonds is 5. The van der Waals surface area contributed by atoms with Gasteiger partial charge in [0, 0.05) is 23.9 Å². The van der Waals surface area contributed by atoms with Gasteiger partial charge < -0.3 is 5.32 Å². The second kappa shape index (κ2) is 4.94. The Labute approximate surface area is 109 Å². The smallest absolute Gasteiger partial charge is 0.282 e. The lowest BCUT2D eigenvalue weighted by molar-refractivity contribution is -0.385. The predicted molar refractivity (Wildman–Crippen MR) is 67.8 cm³/mol. The van der Waals surface area contributed by atoms with Crippen molar-refractivity contribution in [3.05, 3.63) is 39.9 Å². The van der Waals surface area contributed by atoms with Gasteiger partial charge in [0.25, 0.3) is 11.6 Å². The van der Waals surface area contributed by atoms with Crippen LogP contribution in [0.1, 0.15) is 23.2 Å².